The van der Waals surface area contributed by atoms with Gasteiger partial charge in [-0.2, -0.15) is 4.98 Å². The number of rotatable bonds is 7. The highest BCUT2D eigenvalue weighted by atomic mass is 16.6. The Bertz CT molecular complexity index is 1220. The lowest BCUT2D eigenvalue weighted by atomic mass is 9.80. The maximum atomic E-state index is 12.3. The highest BCUT2D eigenvalue weighted by Crippen LogP contribution is 2.41. The Labute approximate surface area is 203 Å². The molecule has 0 unspecified atom stereocenters. The SMILES string of the molecule is Nc1ccn([C@@H]2C[C@H](O)[C@@H](COC(c3ccccc3)(c3ccccc3)c3ccccc3)O2)c(=O)n1. The summed E-state index contributed by atoms with van der Waals surface area (Å²) in [6, 6.07) is 31.6. The maximum absolute atomic E-state index is 12.3. The van der Waals surface area contributed by atoms with Crippen LogP contribution in [-0.4, -0.2) is 33.5 Å². The summed E-state index contributed by atoms with van der Waals surface area (Å²) in [5.74, 6) is 0.142. The minimum Gasteiger partial charge on any atom is -0.390 e. The van der Waals surface area contributed by atoms with Crippen molar-refractivity contribution in [3.8, 4) is 0 Å². The summed E-state index contributed by atoms with van der Waals surface area (Å²) in [6.07, 6.45) is -0.328. The Morgan fingerprint density at radius 3 is 1.91 bits per heavy atom. The molecule has 7 heteroatoms. The van der Waals surface area contributed by atoms with Crippen LogP contribution < -0.4 is 11.4 Å². The Balaban J connectivity index is 1.50. The third-order valence-corrected chi connectivity index (χ3v) is 6.37. The van der Waals surface area contributed by atoms with E-state index in [0.717, 1.165) is 16.7 Å². The van der Waals surface area contributed by atoms with Gasteiger partial charge in [-0.05, 0) is 22.8 Å². The average molecular weight is 470 g/mol. The average Bonchev–Trinajstić information content (AvgIpc) is 3.26. The third kappa shape index (κ3) is 4.49. The molecule has 3 N–H and O–H groups in total. The van der Waals surface area contributed by atoms with Crippen LogP contribution in [-0.2, 0) is 15.1 Å². The van der Waals surface area contributed by atoms with E-state index in [4.69, 9.17) is 15.2 Å². The number of aliphatic hydroxyl groups excluding tert-OH is 1. The van der Waals surface area contributed by atoms with Gasteiger partial charge in [0.05, 0.1) is 12.7 Å². The molecular weight excluding hydrogens is 442 g/mol. The van der Waals surface area contributed by atoms with Gasteiger partial charge in [-0.1, -0.05) is 91.0 Å². The third-order valence-electron chi connectivity index (χ3n) is 6.37. The van der Waals surface area contributed by atoms with Gasteiger partial charge in [0.25, 0.3) is 0 Å². The smallest absolute Gasteiger partial charge is 0.351 e. The zero-order valence-electron chi connectivity index (χ0n) is 19.1. The number of hydrogen-bond donors (Lipinski definition) is 2. The number of aromatic nitrogens is 2. The second-order valence-corrected chi connectivity index (χ2v) is 8.56. The first-order valence-electron chi connectivity index (χ1n) is 11.6. The van der Waals surface area contributed by atoms with E-state index >= 15 is 0 Å². The normalized spacial score (nSPS) is 20.1. The molecule has 0 aliphatic carbocycles. The number of nitrogens with two attached hydrogens (primary N) is 1. The van der Waals surface area contributed by atoms with Crippen LogP contribution in [0.5, 0.6) is 0 Å². The molecule has 0 radical (unpaired) electrons. The van der Waals surface area contributed by atoms with E-state index in [-0.39, 0.29) is 18.8 Å². The van der Waals surface area contributed by atoms with E-state index in [2.05, 4.69) is 4.98 Å². The van der Waals surface area contributed by atoms with Gasteiger partial charge in [0.2, 0.25) is 0 Å². The Morgan fingerprint density at radius 2 is 1.43 bits per heavy atom. The second-order valence-electron chi connectivity index (χ2n) is 8.56. The highest BCUT2D eigenvalue weighted by molar-refractivity contribution is 5.47. The fourth-order valence-corrected chi connectivity index (χ4v) is 4.66. The summed E-state index contributed by atoms with van der Waals surface area (Å²) in [4.78, 5) is 16.1. The van der Waals surface area contributed by atoms with Crippen LogP contribution >= 0.6 is 0 Å². The minimum atomic E-state index is -0.926. The molecule has 0 amide bonds. The summed E-state index contributed by atoms with van der Waals surface area (Å²) in [7, 11) is 0. The molecule has 3 atom stereocenters. The zero-order chi connectivity index (χ0) is 24.3. The number of aliphatic hydroxyl groups is 1. The molecule has 4 aromatic rings. The van der Waals surface area contributed by atoms with Crippen LogP contribution in [0, 0.1) is 0 Å². The fourth-order valence-electron chi connectivity index (χ4n) is 4.66. The molecule has 5 rings (SSSR count). The molecular formula is C28H27N3O4. The van der Waals surface area contributed by atoms with Gasteiger partial charge < -0.3 is 20.3 Å². The van der Waals surface area contributed by atoms with Crippen molar-refractivity contribution in [3.05, 3.63) is 130 Å². The molecule has 3 aromatic carbocycles. The topological polar surface area (TPSA) is 99.6 Å². The first-order valence-corrected chi connectivity index (χ1v) is 11.6. The van der Waals surface area contributed by atoms with Crippen LogP contribution in [0.4, 0.5) is 5.82 Å². The molecule has 0 bridgehead atoms. The number of ether oxygens (including phenoxy) is 2. The molecule has 0 spiro atoms. The van der Waals surface area contributed by atoms with Gasteiger partial charge in [0.1, 0.15) is 23.8 Å². The summed E-state index contributed by atoms with van der Waals surface area (Å²) >= 11 is 0. The zero-order valence-corrected chi connectivity index (χ0v) is 19.1. The summed E-state index contributed by atoms with van der Waals surface area (Å²) < 4.78 is 14.2. The molecule has 1 fully saturated rings. The second kappa shape index (κ2) is 9.84. The van der Waals surface area contributed by atoms with Gasteiger partial charge in [-0.15, -0.1) is 0 Å². The first kappa shape index (κ1) is 23.0. The number of anilines is 1. The molecule has 1 aliphatic heterocycles. The summed E-state index contributed by atoms with van der Waals surface area (Å²) in [5, 5.41) is 10.8. The fraction of sp³-hybridized carbons (Fsp3) is 0.214. The first-order chi connectivity index (χ1) is 17.1. The minimum absolute atomic E-state index is 0.105. The van der Waals surface area contributed by atoms with E-state index in [1.54, 1.807) is 0 Å². The molecule has 1 aliphatic rings. The van der Waals surface area contributed by atoms with E-state index < -0.39 is 29.7 Å². The molecule has 178 valence electrons. The van der Waals surface area contributed by atoms with Crippen molar-refractivity contribution in [2.45, 2.75) is 30.5 Å². The number of nitrogens with zero attached hydrogens (tertiary/aromatic N) is 2. The lowest BCUT2D eigenvalue weighted by Crippen LogP contribution is -2.38. The summed E-state index contributed by atoms with van der Waals surface area (Å²) in [6.45, 7) is 0.105. The van der Waals surface area contributed by atoms with Gasteiger partial charge in [0, 0.05) is 12.6 Å². The van der Waals surface area contributed by atoms with E-state index in [9.17, 15) is 9.90 Å². The van der Waals surface area contributed by atoms with Gasteiger partial charge in [-0.25, -0.2) is 4.79 Å². The molecule has 35 heavy (non-hydrogen) atoms. The van der Waals surface area contributed by atoms with Crippen LogP contribution in [0.3, 0.4) is 0 Å². The number of nitrogen functional groups attached to an aromatic ring is 1. The van der Waals surface area contributed by atoms with Crippen LogP contribution in [0.25, 0.3) is 0 Å². The molecule has 1 aromatic heterocycles. The van der Waals surface area contributed by atoms with Crippen molar-refractivity contribution >= 4 is 5.82 Å². The van der Waals surface area contributed by atoms with Crippen LogP contribution in [0.15, 0.2) is 108 Å². The van der Waals surface area contributed by atoms with Crippen molar-refractivity contribution < 1.29 is 14.6 Å². The predicted molar refractivity (Wildman–Crippen MR) is 133 cm³/mol. The van der Waals surface area contributed by atoms with Crippen LogP contribution in [0.2, 0.25) is 0 Å². The maximum Gasteiger partial charge on any atom is 0.351 e. The van der Waals surface area contributed by atoms with Crippen molar-refractivity contribution in [1.29, 1.82) is 0 Å². The molecule has 7 nitrogen and oxygen atoms in total. The largest absolute Gasteiger partial charge is 0.390 e. The van der Waals surface area contributed by atoms with Crippen LogP contribution in [0.1, 0.15) is 29.3 Å². The lowest BCUT2D eigenvalue weighted by Gasteiger charge is -2.37. The van der Waals surface area contributed by atoms with Gasteiger partial charge in [-0.3, -0.25) is 4.57 Å². The highest BCUT2D eigenvalue weighted by Gasteiger charge is 2.41. The van der Waals surface area contributed by atoms with Crippen molar-refractivity contribution in [3.63, 3.8) is 0 Å². The van der Waals surface area contributed by atoms with Crippen molar-refractivity contribution in [2.24, 2.45) is 0 Å². The Kier molecular flexibility index (Phi) is 6.46. The molecule has 2 heterocycles. The van der Waals surface area contributed by atoms with Crippen molar-refractivity contribution in [1.82, 2.24) is 9.55 Å². The standard InChI is InChI=1S/C28H27N3O4/c29-25-16-17-31(27(33)30-25)26-18-23(32)24(35-26)19-34-28(20-10-4-1-5-11-20,21-12-6-2-7-13-21)22-14-8-3-9-15-22/h1-17,23-24,26,32H,18-19H2,(H2,29,30,33)/t23-,24+,26-/m0/s1. The number of benzene rings is 3. The predicted octanol–water partition coefficient (Wildman–Crippen LogP) is 3.48. The molecule has 1 saturated heterocycles. The number of hydrogen-bond acceptors (Lipinski definition) is 6. The van der Waals surface area contributed by atoms with Crippen molar-refractivity contribution in [2.75, 3.05) is 12.3 Å². The van der Waals surface area contributed by atoms with E-state index in [1.165, 1.54) is 16.8 Å². The Hall–Kier alpha value is -3.78. The quantitative estimate of drug-likeness (QED) is 0.402. The van der Waals surface area contributed by atoms with Gasteiger partial charge >= 0.3 is 5.69 Å². The Morgan fingerprint density at radius 1 is 0.914 bits per heavy atom. The monoisotopic (exact) mass is 469 g/mol. The molecule has 0 saturated carbocycles. The van der Waals surface area contributed by atoms with E-state index in [1.807, 2.05) is 91.0 Å². The van der Waals surface area contributed by atoms with Gasteiger partial charge in [0.15, 0.2) is 0 Å². The summed E-state index contributed by atoms with van der Waals surface area (Å²) in [5.41, 5.74) is 7.04. The van der Waals surface area contributed by atoms with E-state index in [0.29, 0.717) is 0 Å². The lowest BCUT2D eigenvalue weighted by molar-refractivity contribution is -0.0943.